The summed E-state index contributed by atoms with van der Waals surface area (Å²) in [7, 11) is 0. The Labute approximate surface area is 92.9 Å². The van der Waals surface area contributed by atoms with Crippen molar-refractivity contribution in [2.75, 3.05) is 0 Å². The molecule has 2 N–H and O–H groups in total. The molecule has 15 heavy (non-hydrogen) atoms. The highest BCUT2D eigenvalue weighted by molar-refractivity contribution is 5.24. The van der Waals surface area contributed by atoms with Crippen LogP contribution in [0.1, 0.15) is 50.3 Å². The van der Waals surface area contributed by atoms with Gasteiger partial charge in [-0.3, -0.25) is 4.98 Å². The van der Waals surface area contributed by atoms with Crippen LogP contribution in [0.15, 0.2) is 18.5 Å². The number of nitrogens with zero attached hydrogens (tertiary/aromatic N) is 1. The van der Waals surface area contributed by atoms with Crippen molar-refractivity contribution in [3.63, 3.8) is 0 Å². The number of hydrogen-bond donors (Lipinski definition) is 1. The molecule has 84 valence electrons. The number of hydrogen-bond acceptors (Lipinski definition) is 2. The van der Waals surface area contributed by atoms with Gasteiger partial charge in [-0.2, -0.15) is 0 Å². The molecule has 2 nitrogen and oxygen atoms in total. The van der Waals surface area contributed by atoms with Crippen LogP contribution in [0.3, 0.4) is 0 Å². The molecule has 1 rings (SSSR count). The summed E-state index contributed by atoms with van der Waals surface area (Å²) in [5.41, 5.74) is 8.60. The molecular formula is C13H22N2. The van der Waals surface area contributed by atoms with Gasteiger partial charge in [0.05, 0.1) is 0 Å². The van der Waals surface area contributed by atoms with E-state index in [4.69, 9.17) is 5.73 Å². The Morgan fingerprint density at radius 1 is 1.33 bits per heavy atom. The number of nitrogens with two attached hydrogens (primary N) is 1. The molecule has 1 aromatic heterocycles. The second kappa shape index (κ2) is 5.86. The summed E-state index contributed by atoms with van der Waals surface area (Å²) in [5.74, 6) is 0.774. The Balaban J connectivity index is 2.47. The van der Waals surface area contributed by atoms with Crippen LogP contribution in [0.5, 0.6) is 0 Å². The molecule has 1 atom stereocenters. The monoisotopic (exact) mass is 206 g/mol. The van der Waals surface area contributed by atoms with Gasteiger partial charge in [0.2, 0.25) is 0 Å². The van der Waals surface area contributed by atoms with E-state index in [1.54, 1.807) is 0 Å². The maximum atomic E-state index is 6.15. The molecule has 1 aromatic rings. The van der Waals surface area contributed by atoms with Gasteiger partial charge in [-0.25, -0.2) is 0 Å². The molecule has 0 saturated heterocycles. The Kier molecular flexibility index (Phi) is 4.76. The zero-order valence-corrected chi connectivity index (χ0v) is 10.0. The second-order valence-corrected chi connectivity index (χ2v) is 4.66. The molecule has 0 spiro atoms. The first-order valence-electron chi connectivity index (χ1n) is 5.77. The summed E-state index contributed by atoms with van der Waals surface area (Å²) in [4.78, 5) is 4.08. The van der Waals surface area contributed by atoms with Crippen LogP contribution < -0.4 is 5.73 Å². The van der Waals surface area contributed by atoms with E-state index in [1.165, 1.54) is 24.0 Å². The van der Waals surface area contributed by atoms with Crippen LogP contribution in [-0.4, -0.2) is 4.98 Å². The third-order valence-corrected chi connectivity index (χ3v) is 2.76. The van der Waals surface area contributed by atoms with Crippen LogP contribution in [0.2, 0.25) is 0 Å². The van der Waals surface area contributed by atoms with Gasteiger partial charge in [0.15, 0.2) is 0 Å². The molecule has 1 heterocycles. The van der Waals surface area contributed by atoms with E-state index in [0.717, 1.165) is 12.3 Å². The molecule has 0 bridgehead atoms. The summed E-state index contributed by atoms with van der Waals surface area (Å²) in [6, 6.07) is 2.21. The van der Waals surface area contributed by atoms with E-state index in [0.29, 0.717) is 0 Å². The lowest BCUT2D eigenvalue weighted by Crippen LogP contribution is -2.12. The largest absolute Gasteiger partial charge is 0.324 e. The molecule has 0 amide bonds. The van der Waals surface area contributed by atoms with Crippen molar-refractivity contribution < 1.29 is 0 Å². The lowest BCUT2D eigenvalue weighted by Gasteiger charge is -2.14. The van der Waals surface area contributed by atoms with Crippen molar-refractivity contribution >= 4 is 0 Å². The Morgan fingerprint density at radius 2 is 2.07 bits per heavy atom. The van der Waals surface area contributed by atoms with Gasteiger partial charge in [0, 0.05) is 18.4 Å². The maximum Gasteiger partial charge on any atom is 0.0300 e. The predicted octanol–water partition coefficient (Wildman–Crippen LogP) is 3.22. The van der Waals surface area contributed by atoms with Crippen LogP contribution in [0.25, 0.3) is 0 Å². The lowest BCUT2D eigenvalue weighted by molar-refractivity contribution is 0.504. The molecular weight excluding hydrogens is 184 g/mol. The molecule has 2 heteroatoms. The third kappa shape index (κ3) is 4.00. The molecule has 0 saturated carbocycles. The highest BCUT2D eigenvalue weighted by atomic mass is 14.7. The number of rotatable bonds is 5. The molecule has 0 aliphatic rings. The fourth-order valence-electron chi connectivity index (χ4n) is 1.80. The van der Waals surface area contributed by atoms with E-state index >= 15 is 0 Å². The molecule has 0 aliphatic heterocycles. The standard InChI is InChI=1S/C13H22N2/c1-10(2)5-4-6-13(14)12-7-8-15-9-11(12)3/h7-10,13H,4-6,14H2,1-3H3. The van der Waals surface area contributed by atoms with Crippen molar-refractivity contribution in [3.05, 3.63) is 29.6 Å². The van der Waals surface area contributed by atoms with Gasteiger partial charge in [-0.15, -0.1) is 0 Å². The van der Waals surface area contributed by atoms with E-state index in [9.17, 15) is 0 Å². The topological polar surface area (TPSA) is 38.9 Å². The molecule has 0 aromatic carbocycles. The van der Waals surface area contributed by atoms with Gasteiger partial charge in [-0.05, 0) is 36.5 Å². The Morgan fingerprint density at radius 3 is 2.67 bits per heavy atom. The third-order valence-electron chi connectivity index (χ3n) is 2.76. The average Bonchev–Trinajstić information content (AvgIpc) is 2.17. The first-order chi connectivity index (χ1) is 7.11. The minimum atomic E-state index is 0.173. The van der Waals surface area contributed by atoms with Crippen LogP contribution in [0.4, 0.5) is 0 Å². The number of aryl methyl sites for hydroxylation is 1. The number of aromatic nitrogens is 1. The minimum absolute atomic E-state index is 0.173. The number of pyridine rings is 1. The van der Waals surface area contributed by atoms with Crippen molar-refractivity contribution in [3.8, 4) is 0 Å². The average molecular weight is 206 g/mol. The summed E-state index contributed by atoms with van der Waals surface area (Å²) < 4.78 is 0. The zero-order chi connectivity index (χ0) is 11.3. The summed E-state index contributed by atoms with van der Waals surface area (Å²) in [6.07, 6.45) is 7.25. The van der Waals surface area contributed by atoms with Crippen LogP contribution in [0, 0.1) is 12.8 Å². The lowest BCUT2D eigenvalue weighted by atomic mass is 9.97. The van der Waals surface area contributed by atoms with Crippen LogP contribution in [-0.2, 0) is 0 Å². The van der Waals surface area contributed by atoms with Gasteiger partial charge >= 0.3 is 0 Å². The van der Waals surface area contributed by atoms with Crippen molar-refractivity contribution in [1.29, 1.82) is 0 Å². The fourth-order valence-corrected chi connectivity index (χ4v) is 1.80. The van der Waals surface area contributed by atoms with Gasteiger partial charge < -0.3 is 5.73 Å². The summed E-state index contributed by atoms with van der Waals surface area (Å²) >= 11 is 0. The predicted molar refractivity (Wildman–Crippen MR) is 64.6 cm³/mol. The van der Waals surface area contributed by atoms with Gasteiger partial charge in [0.1, 0.15) is 0 Å². The van der Waals surface area contributed by atoms with E-state index in [2.05, 4.69) is 25.8 Å². The van der Waals surface area contributed by atoms with Gasteiger partial charge in [-0.1, -0.05) is 26.7 Å². The van der Waals surface area contributed by atoms with Crippen molar-refractivity contribution in [2.24, 2.45) is 11.7 Å². The first-order valence-corrected chi connectivity index (χ1v) is 5.77. The fraction of sp³-hybridized carbons (Fsp3) is 0.615. The molecule has 0 fully saturated rings. The summed E-state index contributed by atoms with van der Waals surface area (Å²) in [6.45, 7) is 6.58. The van der Waals surface area contributed by atoms with Gasteiger partial charge in [0.25, 0.3) is 0 Å². The summed E-state index contributed by atoms with van der Waals surface area (Å²) in [5, 5.41) is 0. The molecule has 0 aliphatic carbocycles. The van der Waals surface area contributed by atoms with E-state index < -0.39 is 0 Å². The normalized spacial score (nSPS) is 13.1. The Hall–Kier alpha value is -0.890. The van der Waals surface area contributed by atoms with E-state index in [-0.39, 0.29) is 6.04 Å². The molecule has 0 radical (unpaired) electrons. The van der Waals surface area contributed by atoms with Crippen molar-refractivity contribution in [1.82, 2.24) is 4.98 Å². The van der Waals surface area contributed by atoms with Crippen molar-refractivity contribution in [2.45, 2.75) is 46.1 Å². The highest BCUT2D eigenvalue weighted by Gasteiger charge is 2.08. The second-order valence-electron chi connectivity index (χ2n) is 4.66. The highest BCUT2D eigenvalue weighted by Crippen LogP contribution is 2.20. The molecule has 1 unspecified atom stereocenters. The first kappa shape index (κ1) is 12.2. The smallest absolute Gasteiger partial charge is 0.0300 e. The minimum Gasteiger partial charge on any atom is -0.324 e. The Bertz CT molecular complexity index is 294. The zero-order valence-electron chi connectivity index (χ0n) is 10.0. The maximum absolute atomic E-state index is 6.15. The SMILES string of the molecule is Cc1cnccc1C(N)CCCC(C)C. The quantitative estimate of drug-likeness (QED) is 0.803. The van der Waals surface area contributed by atoms with Crippen LogP contribution >= 0.6 is 0 Å². The van der Waals surface area contributed by atoms with E-state index in [1.807, 2.05) is 18.5 Å².